The number of fused-ring (bicyclic) bond motifs is 1. The number of anilines is 1. The molecule has 44 heavy (non-hydrogen) atoms. The molecule has 2 aromatic heterocycles. The molecule has 2 N–H and O–H groups in total. The van der Waals surface area contributed by atoms with Crippen LogP contribution in [-0.4, -0.2) is 51.5 Å². The van der Waals surface area contributed by atoms with E-state index in [9.17, 15) is 18.8 Å². The van der Waals surface area contributed by atoms with Crippen LogP contribution in [0.15, 0.2) is 53.7 Å². The summed E-state index contributed by atoms with van der Waals surface area (Å²) >= 11 is 2.58. The lowest BCUT2D eigenvalue weighted by atomic mass is 10.1. The third-order valence-electron chi connectivity index (χ3n) is 7.04. The molecule has 13 heteroatoms. The number of thioether (sulfide) groups is 1. The van der Waals surface area contributed by atoms with E-state index in [1.807, 2.05) is 12.1 Å². The van der Waals surface area contributed by atoms with E-state index in [0.717, 1.165) is 47.0 Å². The maximum atomic E-state index is 13.8. The van der Waals surface area contributed by atoms with E-state index in [4.69, 9.17) is 9.47 Å². The van der Waals surface area contributed by atoms with Crippen molar-refractivity contribution >= 4 is 45.9 Å². The number of benzene rings is 2. The van der Waals surface area contributed by atoms with Crippen molar-refractivity contribution in [3.05, 3.63) is 81.7 Å². The van der Waals surface area contributed by atoms with Crippen LogP contribution >= 0.6 is 23.1 Å². The molecule has 2 aromatic carbocycles. The molecule has 0 saturated carbocycles. The number of methoxy groups -OCH3 is 1. The maximum absolute atomic E-state index is 13.8. The van der Waals surface area contributed by atoms with E-state index < -0.39 is 17.0 Å². The number of aromatic nitrogens is 3. The zero-order chi connectivity index (χ0) is 31.2. The van der Waals surface area contributed by atoms with Crippen molar-refractivity contribution in [2.75, 3.05) is 19.0 Å². The third-order valence-corrected chi connectivity index (χ3v) is 9.29. The molecule has 2 heterocycles. The zero-order valence-electron chi connectivity index (χ0n) is 24.5. The molecule has 0 aliphatic heterocycles. The smallest absolute Gasteiger partial charge is 0.341 e. The molecule has 1 aliphatic carbocycles. The fourth-order valence-electron chi connectivity index (χ4n) is 4.85. The number of amides is 2. The highest BCUT2D eigenvalue weighted by atomic mass is 32.2. The lowest BCUT2D eigenvalue weighted by molar-refractivity contribution is -0.120. The van der Waals surface area contributed by atoms with E-state index in [2.05, 4.69) is 20.8 Å². The summed E-state index contributed by atoms with van der Waals surface area (Å²) in [5.41, 5.74) is 2.79. The molecule has 1 unspecified atom stereocenters. The average molecular weight is 638 g/mol. The van der Waals surface area contributed by atoms with Crippen LogP contribution in [0, 0.1) is 5.82 Å². The van der Waals surface area contributed by atoms with Crippen molar-refractivity contribution in [1.29, 1.82) is 0 Å². The first kappa shape index (κ1) is 31.2. The van der Waals surface area contributed by atoms with Crippen molar-refractivity contribution in [3.8, 4) is 11.4 Å². The van der Waals surface area contributed by atoms with Gasteiger partial charge < -0.3 is 20.1 Å². The molecule has 1 aliphatic rings. The summed E-state index contributed by atoms with van der Waals surface area (Å²) in [6.07, 6.45) is 2.78. The molecule has 0 spiro atoms. The lowest BCUT2D eigenvalue weighted by Gasteiger charge is -2.14. The van der Waals surface area contributed by atoms with Crippen LogP contribution in [0.25, 0.3) is 5.69 Å². The van der Waals surface area contributed by atoms with Crippen molar-refractivity contribution < 1.29 is 28.2 Å². The molecule has 230 valence electrons. The second-order valence-corrected chi connectivity index (χ2v) is 12.5. The van der Waals surface area contributed by atoms with Crippen molar-refractivity contribution in [2.24, 2.45) is 0 Å². The number of ether oxygens (including phenoxy) is 2. The minimum absolute atomic E-state index is 0.0597. The Balaban J connectivity index is 1.31. The SMILES string of the molecule is CCOC(=O)c1c(NC(=O)C(C)Sc2nnc(CNC(=O)Cc3ccc(OC)cc3)n2-c2ccc(F)cc2)sc2c1CCC2. The topological polar surface area (TPSA) is 124 Å². The Hall–Kier alpha value is -4.23. The van der Waals surface area contributed by atoms with Crippen LogP contribution in [0.1, 0.15) is 52.5 Å². The summed E-state index contributed by atoms with van der Waals surface area (Å²) in [5.74, 6) is -0.257. The first-order valence-electron chi connectivity index (χ1n) is 14.2. The number of nitrogens with zero attached hydrogens (tertiary/aromatic N) is 3. The van der Waals surface area contributed by atoms with Crippen molar-refractivity contribution in [1.82, 2.24) is 20.1 Å². The molecule has 0 bridgehead atoms. The van der Waals surface area contributed by atoms with Gasteiger partial charge in [-0.25, -0.2) is 9.18 Å². The van der Waals surface area contributed by atoms with Crippen LogP contribution in [0.4, 0.5) is 9.39 Å². The van der Waals surface area contributed by atoms with Gasteiger partial charge in [0.2, 0.25) is 11.8 Å². The number of halogens is 1. The number of hydrogen-bond acceptors (Lipinski definition) is 9. The predicted molar refractivity (Wildman–Crippen MR) is 166 cm³/mol. The minimum Gasteiger partial charge on any atom is -0.497 e. The molecule has 2 amide bonds. The van der Waals surface area contributed by atoms with Crippen LogP contribution in [-0.2, 0) is 40.1 Å². The molecule has 5 rings (SSSR count). The van der Waals surface area contributed by atoms with Gasteiger partial charge in [-0.1, -0.05) is 23.9 Å². The first-order chi connectivity index (χ1) is 21.3. The van der Waals surface area contributed by atoms with E-state index in [1.165, 1.54) is 23.5 Å². The first-order valence-corrected chi connectivity index (χ1v) is 15.9. The monoisotopic (exact) mass is 637 g/mol. The van der Waals surface area contributed by atoms with Crippen molar-refractivity contribution in [2.45, 2.75) is 56.5 Å². The second kappa shape index (κ2) is 14.0. The highest BCUT2D eigenvalue weighted by Crippen LogP contribution is 2.40. The number of nitrogens with one attached hydrogen (secondary N) is 2. The number of carbonyl (C=O) groups excluding carboxylic acids is 3. The molecule has 1 atom stereocenters. The molecular formula is C31H32FN5O5S2. The fourth-order valence-corrected chi connectivity index (χ4v) is 7.01. The Labute approximate surface area is 262 Å². The van der Waals surface area contributed by atoms with E-state index in [0.29, 0.717) is 33.0 Å². The van der Waals surface area contributed by atoms with Gasteiger partial charge in [-0.2, -0.15) is 0 Å². The molecule has 10 nitrogen and oxygen atoms in total. The normalized spacial score (nSPS) is 12.8. The molecule has 0 saturated heterocycles. The van der Waals surface area contributed by atoms with Gasteiger partial charge in [0, 0.05) is 10.6 Å². The summed E-state index contributed by atoms with van der Waals surface area (Å²) < 4.78 is 25.9. The van der Waals surface area contributed by atoms with Crippen LogP contribution in [0.5, 0.6) is 5.75 Å². The van der Waals surface area contributed by atoms with Gasteiger partial charge in [0.05, 0.1) is 37.5 Å². The summed E-state index contributed by atoms with van der Waals surface area (Å²) in [5, 5.41) is 14.6. The quantitative estimate of drug-likeness (QED) is 0.162. The standard InChI is InChI=1S/C31H32FN5O5S2/c1-4-42-30(40)27-23-6-5-7-24(23)44-29(27)34-28(39)18(2)43-31-36-35-25(37(31)21-12-10-20(32)11-13-21)17-33-26(38)16-19-8-14-22(41-3)15-9-19/h8-15,18H,4-7,16-17H2,1-3H3,(H,33,38)(H,34,39). The highest BCUT2D eigenvalue weighted by molar-refractivity contribution is 8.00. The summed E-state index contributed by atoms with van der Waals surface area (Å²) in [4.78, 5) is 39.9. The second-order valence-electron chi connectivity index (χ2n) is 10.0. The Morgan fingerprint density at radius 2 is 1.84 bits per heavy atom. The Kier molecular flexibility index (Phi) is 9.95. The summed E-state index contributed by atoms with van der Waals surface area (Å²) in [7, 11) is 1.58. The lowest BCUT2D eigenvalue weighted by Crippen LogP contribution is -2.26. The van der Waals surface area contributed by atoms with Gasteiger partial charge in [-0.3, -0.25) is 14.2 Å². The van der Waals surface area contributed by atoms with E-state index in [1.54, 1.807) is 49.8 Å². The van der Waals surface area contributed by atoms with E-state index >= 15 is 0 Å². The van der Waals surface area contributed by atoms with Gasteiger partial charge in [-0.15, -0.1) is 21.5 Å². The van der Waals surface area contributed by atoms with Crippen LogP contribution in [0.3, 0.4) is 0 Å². The van der Waals surface area contributed by atoms with Crippen molar-refractivity contribution in [3.63, 3.8) is 0 Å². The van der Waals surface area contributed by atoms with Gasteiger partial charge >= 0.3 is 5.97 Å². The average Bonchev–Trinajstić information content (AvgIpc) is 3.72. The summed E-state index contributed by atoms with van der Waals surface area (Å²) in [6, 6.07) is 13.0. The Bertz CT molecular complexity index is 1650. The number of carbonyl (C=O) groups is 3. The molecule has 0 fully saturated rings. The predicted octanol–water partition coefficient (Wildman–Crippen LogP) is 5.12. The van der Waals surface area contributed by atoms with Gasteiger partial charge in [0.15, 0.2) is 11.0 Å². The minimum atomic E-state index is -0.636. The number of rotatable bonds is 12. The number of esters is 1. The van der Waals surface area contributed by atoms with Crippen LogP contribution < -0.4 is 15.4 Å². The molecular weight excluding hydrogens is 606 g/mol. The van der Waals surface area contributed by atoms with Gasteiger partial charge in [-0.05, 0) is 80.6 Å². The number of thiophene rings is 1. The zero-order valence-corrected chi connectivity index (χ0v) is 26.1. The largest absolute Gasteiger partial charge is 0.497 e. The molecule has 4 aromatic rings. The van der Waals surface area contributed by atoms with Crippen LogP contribution in [0.2, 0.25) is 0 Å². The van der Waals surface area contributed by atoms with E-state index in [-0.39, 0.29) is 31.4 Å². The Morgan fingerprint density at radius 1 is 1.09 bits per heavy atom. The highest BCUT2D eigenvalue weighted by Gasteiger charge is 2.30. The van der Waals surface area contributed by atoms with Gasteiger partial charge in [0.25, 0.3) is 0 Å². The van der Waals surface area contributed by atoms with Gasteiger partial charge in [0.1, 0.15) is 16.6 Å². The summed E-state index contributed by atoms with van der Waals surface area (Å²) in [6.45, 7) is 3.78. The Morgan fingerprint density at radius 3 is 2.55 bits per heavy atom. The third kappa shape index (κ3) is 7.11. The molecule has 0 radical (unpaired) electrons. The fraction of sp³-hybridized carbons (Fsp3) is 0.323. The number of hydrogen-bond donors (Lipinski definition) is 2. The number of aryl methyl sites for hydroxylation is 1. The maximum Gasteiger partial charge on any atom is 0.341 e.